The molecule has 1 atom stereocenters. The van der Waals surface area contributed by atoms with E-state index < -0.39 is 16.5 Å². The molecule has 0 aliphatic carbocycles. The van der Waals surface area contributed by atoms with Gasteiger partial charge in [-0.05, 0) is 24.3 Å². The predicted octanol–water partition coefficient (Wildman–Crippen LogP) is 0.734. The zero-order valence-electron chi connectivity index (χ0n) is 9.16. The lowest BCUT2D eigenvalue weighted by molar-refractivity contribution is 0.149. The number of methoxy groups -OCH3 is 1. The summed E-state index contributed by atoms with van der Waals surface area (Å²) in [6.07, 6.45) is -0.595. The summed E-state index contributed by atoms with van der Waals surface area (Å²) in [6.45, 7) is 0.101. The van der Waals surface area contributed by atoms with E-state index in [1.54, 1.807) is 31.4 Å². The Morgan fingerprint density at radius 3 is 2.47 bits per heavy atom. The van der Waals surface area contributed by atoms with Gasteiger partial charge in [0.1, 0.15) is 24.2 Å². The van der Waals surface area contributed by atoms with Crippen LogP contribution in [0.3, 0.4) is 0 Å². The first-order valence-electron chi connectivity index (χ1n) is 4.93. The van der Waals surface area contributed by atoms with Gasteiger partial charge in [0.05, 0.1) is 13.7 Å². The Bertz CT molecular complexity index is 466. The van der Waals surface area contributed by atoms with Crippen molar-refractivity contribution in [2.75, 3.05) is 20.3 Å². The number of rotatable bonds is 4. The second-order valence-electron chi connectivity index (χ2n) is 3.40. The van der Waals surface area contributed by atoms with Crippen molar-refractivity contribution < 1.29 is 26.3 Å². The summed E-state index contributed by atoms with van der Waals surface area (Å²) < 4.78 is 41.0. The van der Waals surface area contributed by atoms with Crippen LogP contribution in [0, 0.1) is 0 Å². The van der Waals surface area contributed by atoms with Crippen LogP contribution in [0.1, 0.15) is 0 Å². The van der Waals surface area contributed by atoms with Crippen LogP contribution in [-0.2, 0) is 18.8 Å². The Hall–Kier alpha value is -1.31. The molecule has 6 nitrogen and oxygen atoms in total. The average Bonchev–Trinajstić information content (AvgIpc) is 2.67. The molecule has 0 bridgehead atoms. The summed E-state index contributed by atoms with van der Waals surface area (Å²) >= 11 is 0. The molecule has 0 N–H and O–H groups in total. The van der Waals surface area contributed by atoms with Crippen LogP contribution in [0.25, 0.3) is 0 Å². The fourth-order valence-electron chi connectivity index (χ4n) is 1.32. The standard InChI is InChI=1S/C10H12O6S/c1-13-8-2-4-9(5-3-8)14-6-10-7-15-17(11,12)16-10/h2-5,10H,6-7H2,1H3. The second-order valence-corrected chi connectivity index (χ2v) is 4.64. The SMILES string of the molecule is COc1ccc(OCC2COS(=O)(=O)O2)cc1. The third-order valence-electron chi connectivity index (χ3n) is 2.15. The maximum absolute atomic E-state index is 10.8. The summed E-state index contributed by atoms with van der Waals surface area (Å²) in [5.41, 5.74) is 0. The molecule has 7 heteroatoms. The molecule has 0 aromatic heterocycles. The predicted molar refractivity (Wildman–Crippen MR) is 58.2 cm³/mol. The normalized spacial score (nSPS) is 22.3. The average molecular weight is 260 g/mol. The molecule has 2 rings (SSSR count). The van der Waals surface area contributed by atoms with Crippen molar-refractivity contribution in [3.8, 4) is 11.5 Å². The molecule has 1 aliphatic heterocycles. The molecular weight excluding hydrogens is 248 g/mol. The van der Waals surface area contributed by atoms with Crippen molar-refractivity contribution in [3.63, 3.8) is 0 Å². The van der Waals surface area contributed by atoms with Crippen molar-refractivity contribution in [1.82, 2.24) is 0 Å². The molecule has 0 saturated carbocycles. The summed E-state index contributed by atoms with van der Waals surface area (Å²) in [5.74, 6) is 1.33. The van der Waals surface area contributed by atoms with Crippen LogP contribution >= 0.6 is 0 Å². The van der Waals surface area contributed by atoms with Gasteiger partial charge >= 0.3 is 10.4 Å². The molecule has 1 aromatic rings. The molecule has 0 spiro atoms. The topological polar surface area (TPSA) is 71.1 Å². The van der Waals surface area contributed by atoms with Crippen LogP contribution < -0.4 is 9.47 Å². The molecule has 0 amide bonds. The minimum Gasteiger partial charge on any atom is -0.497 e. The van der Waals surface area contributed by atoms with E-state index in [0.717, 1.165) is 5.75 Å². The summed E-state index contributed by atoms with van der Waals surface area (Å²) in [6, 6.07) is 6.95. The second kappa shape index (κ2) is 4.91. The van der Waals surface area contributed by atoms with Gasteiger partial charge in [0.25, 0.3) is 0 Å². The monoisotopic (exact) mass is 260 g/mol. The zero-order valence-corrected chi connectivity index (χ0v) is 9.98. The summed E-state index contributed by atoms with van der Waals surface area (Å²) in [5, 5.41) is 0. The number of hydrogen-bond acceptors (Lipinski definition) is 6. The molecule has 1 aromatic carbocycles. The quantitative estimate of drug-likeness (QED) is 0.795. The fourth-order valence-corrected chi connectivity index (χ4v) is 2.14. The number of hydrogen-bond donors (Lipinski definition) is 0. The zero-order chi connectivity index (χ0) is 12.3. The van der Waals surface area contributed by atoms with E-state index in [9.17, 15) is 8.42 Å². The van der Waals surface area contributed by atoms with Crippen LogP contribution in [0.2, 0.25) is 0 Å². The first-order valence-corrected chi connectivity index (χ1v) is 6.27. The van der Waals surface area contributed by atoms with Gasteiger partial charge in [-0.2, -0.15) is 8.42 Å². The maximum Gasteiger partial charge on any atom is 0.400 e. The molecule has 94 valence electrons. The first kappa shape index (κ1) is 12.2. The third-order valence-corrected chi connectivity index (χ3v) is 3.08. The molecule has 0 radical (unpaired) electrons. The molecule has 1 heterocycles. The van der Waals surface area contributed by atoms with E-state index in [-0.39, 0.29) is 13.2 Å². The highest BCUT2D eigenvalue weighted by Gasteiger charge is 2.30. The Morgan fingerprint density at radius 2 is 1.94 bits per heavy atom. The minimum atomic E-state index is -3.81. The minimum absolute atomic E-state index is 0.0154. The summed E-state index contributed by atoms with van der Waals surface area (Å²) in [7, 11) is -2.24. The molecule has 1 saturated heterocycles. The molecular formula is C10H12O6S. The van der Waals surface area contributed by atoms with Crippen molar-refractivity contribution in [2.45, 2.75) is 6.10 Å². The molecule has 1 unspecified atom stereocenters. The van der Waals surface area contributed by atoms with Gasteiger partial charge in [-0.15, -0.1) is 0 Å². The van der Waals surface area contributed by atoms with Crippen molar-refractivity contribution in [1.29, 1.82) is 0 Å². The Balaban J connectivity index is 1.86. The van der Waals surface area contributed by atoms with Crippen LogP contribution in [0.4, 0.5) is 0 Å². The van der Waals surface area contributed by atoms with Gasteiger partial charge in [-0.25, -0.2) is 8.37 Å². The van der Waals surface area contributed by atoms with Gasteiger partial charge in [-0.1, -0.05) is 0 Å². The van der Waals surface area contributed by atoms with Crippen molar-refractivity contribution in [2.24, 2.45) is 0 Å². The van der Waals surface area contributed by atoms with E-state index in [1.165, 1.54) is 0 Å². The van der Waals surface area contributed by atoms with Crippen LogP contribution in [-0.4, -0.2) is 34.8 Å². The van der Waals surface area contributed by atoms with Crippen LogP contribution in [0.5, 0.6) is 11.5 Å². The maximum atomic E-state index is 10.8. The lowest BCUT2D eigenvalue weighted by Crippen LogP contribution is -2.20. The fraction of sp³-hybridized carbons (Fsp3) is 0.400. The first-order chi connectivity index (χ1) is 8.09. The largest absolute Gasteiger partial charge is 0.497 e. The Kier molecular flexibility index (Phi) is 3.51. The Labute approximate surface area is 99.4 Å². The smallest absolute Gasteiger partial charge is 0.400 e. The summed E-state index contributed by atoms with van der Waals surface area (Å²) in [4.78, 5) is 0. The van der Waals surface area contributed by atoms with Crippen LogP contribution in [0.15, 0.2) is 24.3 Å². The van der Waals surface area contributed by atoms with E-state index in [4.69, 9.17) is 9.47 Å². The van der Waals surface area contributed by atoms with Crippen molar-refractivity contribution >= 4 is 10.4 Å². The number of ether oxygens (including phenoxy) is 2. The molecule has 1 aliphatic rings. The lowest BCUT2D eigenvalue weighted by Gasteiger charge is -2.09. The molecule has 1 fully saturated rings. The molecule has 17 heavy (non-hydrogen) atoms. The van der Waals surface area contributed by atoms with E-state index >= 15 is 0 Å². The van der Waals surface area contributed by atoms with Crippen molar-refractivity contribution in [3.05, 3.63) is 24.3 Å². The van der Waals surface area contributed by atoms with E-state index in [0.29, 0.717) is 5.75 Å². The lowest BCUT2D eigenvalue weighted by atomic mass is 10.3. The van der Waals surface area contributed by atoms with E-state index in [2.05, 4.69) is 8.37 Å². The van der Waals surface area contributed by atoms with Gasteiger partial charge in [0.15, 0.2) is 0 Å². The van der Waals surface area contributed by atoms with Gasteiger partial charge in [0.2, 0.25) is 0 Å². The highest BCUT2D eigenvalue weighted by molar-refractivity contribution is 7.82. The third kappa shape index (κ3) is 3.32. The Morgan fingerprint density at radius 1 is 1.29 bits per heavy atom. The van der Waals surface area contributed by atoms with Gasteiger partial charge in [0, 0.05) is 0 Å². The van der Waals surface area contributed by atoms with Gasteiger partial charge in [-0.3, -0.25) is 0 Å². The van der Waals surface area contributed by atoms with Gasteiger partial charge < -0.3 is 9.47 Å². The highest BCUT2D eigenvalue weighted by atomic mass is 32.3. The highest BCUT2D eigenvalue weighted by Crippen LogP contribution is 2.19. The van der Waals surface area contributed by atoms with E-state index in [1.807, 2.05) is 0 Å². The number of benzene rings is 1.